The van der Waals surface area contributed by atoms with E-state index in [-0.39, 0.29) is 17.6 Å². The van der Waals surface area contributed by atoms with E-state index in [0.717, 1.165) is 21.8 Å². The highest BCUT2D eigenvalue weighted by Crippen LogP contribution is 2.40. The molecule has 0 saturated carbocycles. The number of ether oxygens (including phenoxy) is 3. The molecule has 8 heteroatoms. The first kappa shape index (κ1) is 25.3. The summed E-state index contributed by atoms with van der Waals surface area (Å²) in [4.78, 5) is 27.5. The standard InChI is InChI=1S/C28H30N2O5S/c1-17-8-10-20-22(16-28(2,3)35-24(20)13-17)30-27(32)21(15-19-7-6-12-36-19)29-26(31)18-9-11-23(33-4)25(14-18)34-5/h6-15,22H,16H2,1-5H3,(H,29,31)(H,30,32)/b21-15-/t22-/m1/s1. The highest BCUT2D eigenvalue weighted by Gasteiger charge is 2.35. The van der Waals surface area contributed by atoms with Crippen LogP contribution in [0.25, 0.3) is 6.08 Å². The van der Waals surface area contributed by atoms with Crippen LogP contribution in [-0.2, 0) is 4.79 Å². The van der Waals surface area contributed by atoms with Gasteiger partial charge in [-0.3, -0.25) is 9.59 Å². The number of nitrogens with one attached hydrogen (secondary N) is 2. The highest BCUT2D eigenvalue weighted by molar-refractivity contribution is 7.10. The van der Waals surface area contributed by atoms with Crippen LogP contribution >= 0.6 is 11.3 Å². The second kappa shape index (κ2) is 10.5. The van der Waals surface area contributed by atoms with Crippen molar-refractivity contribution in [1.82, 2.24) is 10.6 Å². The minimum absolute atomic E-state index is 0.148. The summed E-state index contributed by atoms with van der Waals surface area (Å²) in [6.07, 6.45) is 2.27. The zero-order valence-corrected chi connectivity index (χ0v) is 21.8. The molecule has 0 aliphatic carbocycles. The molecule has 1 aromatic heterocycles. The zero-order chi connectivity index (χ0) is 25.9. The van der Waals surface area contributed by atoms with Crippen LogP contribution in [0.5, 0.6) is 17.2 Å². The molecule has 0 saturated heterocycles. The third kappa shape index (κ3) is 5.71. The SMILES string of the molecule is COc1ccc(C(=O)N/C(=C\c2cccs2)C(=O)N[C@@H]2CC(C)(C)Oc3cc(C)ccc32)cc1OC. The zero-order valence-electron chi connectivity index (χ0n) is 21.0. The number of rotatable bonds is 7. The fourth-order valence-electron chi connectivity index (χ4n) is 4.17. The van der Waals surface area contributed by atoms with Gasteiger partial charge in [0.05, 0.1) is 20.3 Å². The van der Waals surface area contributed by atoms with E-state index in [2.05, 4.69) is 10.6 Å². The van der Waals surface area contributed by atoms with E-state index in [1.165, 1.54) is 25.6 Å². The van der Waals surface area contributed by atoms with Gasteiger partial charge in [0.15, 0.2) is 11.5 Å². The largest absolute Gasteiger partial charge is 0.493 e. The molecular weight excluding hydrogens is 476 g/mol. The van der Waals surface area contributed by atoms with Gasteiger partial charge in [-0.2, -0.15) is 0 Å². The van der Waals surface area contributed by atoms with E-state index in [9.17, 15) is 9.59 Å². The minimum Gasteiger partial charge on any atom is -0.493 e. The van der Waals surface area contributed by atoms with Gasteiger partial charge in [0.2, 0.25) is 0 Å². The Morgan fingerprint density at radius 2 is 1.86 bits per heavy atom. The molecule has 2 N–H and O–H groups in total. The normalized spacial score (nSPS) is 16.4. The van der Waals surface area contributed by atoms with E-state index in [1.807, 2.05) is 56.5 Å². The first-order valence-electron chi connectivity index (χ1n) is 11.6. The Kier molecular flexibility index (Phi) is 7.35. The number of hydrogen-bond acceptors (Lipinski definition) is 6. The molecule has 1 aliphatic rings. The maximum atomic E-state index is 13.5. The summed E-state index contributed by atoms with van der Waals surface area (Å²) in [5.74, 6) is 0.880. The number of methoxy groups -OCH3 is 2. The fourth-order valence-corrected chi connectivity index (χ4v) is 4.83. The number of benzene rings is 2. The maximum absolute atomic E-state index is 13.5. The number of hydrogen-bond donors (Lipinski definition) is 2. The van der Waals surface area contributed by atoms with Crippen molar-refractivity contribution in [3.63, 3.8) is 0 Å². The molecule has 36 heavy (non-hydrogen) atoms. The molecule has 0 spiro atoms. The Bertz CT molecular complexity index is 1300. The monoisotopic (exact) mass is 506 g/mol. The fraction of sp³-hybridized carbons (Fsp3) is 0.286. The lowest BCUT2D eigenvalue weighted by Gasteiger charge is -2.38. The van der Waals surface area contributed by atoms with Crippen molar-refractivity contribution in [2.45, 2.75) is 38.8 Å². The van der Waals surface area contributed by atoms with E-state index < -0.39 is 11.5 Å². The molecule has 1 aliphatic heterocycles. The van der Waals surface area contributed by atoms with Gasteiger partial charge in [-0.25, -0.2) is 0 Å². The van der Waals surface area contributed by atoms with Crippen LogP contribution in [-0.4, -0.2) is 31.6 Å². The van der Waals surface area contributed by atoms with Crippen molar-refractivity contribution in [3.05, 3.63) is 81.2 Å². The number of amides is 2. The number of carbonyl (C=O) groups is 2. The molecule has 0 fully saturated rings. The first-order chi connectivity index (χ1) is 17.2. The number of fused-ring (bicyclic) bond motifs is 1. The molecular formula is C28H30N2O5S. The van der Waals surface area contributed by atoms with E-state index in [4.69, 9.17) is 14.2 Å². The van der Waals surface area contributed by atoms with Crippen molar-refractivity contribution < 1.29 is 23.8 Å². The number of thiophene rings is 1. The van der Waals surface area contributed by atoms with Gasteiger partial charge in [0, 0.05) is 22.4 Å². The van der Waals surface area contributed by atoms with Gasteiger partial charge in [0.25, 0.3) is 11.8 Å². The van der Waals surface area contributed by atoms with Crippen molar-refractivity contribution >= 4 is 29.2 Å². The Labute approximate surface area is 215 Å². The molecule has 2 amide bonds. The topological polar surface area (TPSA) is 85.9 Å². The van der Waals surface area contributed by atoms with Gasteiger partial charge >= 0.3 is 0 Å². The molecule has 0 bridgehead atoms. The maximum Gasteiger partial charge on any atom is 0.268 e. The van der Waals surface area contributed by atoms with Crippen molar-refractivity contribution in [2.75, 3.05) is 14.2 Å². The molecule has 188 valence electrons. The summed E-state index contributed by atoms with van der Waals surface area (Å²) in [5.41, 5.74) is 2.02. The second-order valence-corrected chi connectivity index (χ2v) is 10.2. The predicted molar refractivity (Wildman–Crippen MR) is 141 cm³/mol. The molecule has 1 atom stereocenters. The first-order valence-corrected chi connectivity index (χ1v) is 12.5. The summed E-state index contributed by atoms with van der Waals surface area (Å²) in [7, 11) is 3.03. The Hall–Kier alpha value is -3.78. The highest BCUT2D eigenvalue weighted by atomic mass is 32.1. The van der Waals surface area contributed by atoms with Gasteiger partial charge in [-0.15, -0.1) is 11.3 Å². The minimum atomic E-state index is -0.459. The van der Waals surface area contributed by atoms with Crippen LogP contribution in [0.15, 0.2) is 59.6 Å². The van der Waals surface area contributed by atoms with Crippen LogP contribution in [0.3, 0.4) is 0 Å². The molecule has 4 rings (SSSR count). The lowest BCUT2D eigenvalue weighted by Crippen LogP contribution is -2.43. The average Bonchev–Trinajstić information content (AvgIpc) is 3.35. The van der Waals surface area contributed by atoms with E-state index in [0.29, 0.717) is 23.5 Å². The van der Waals surface area contributed by atoms with Crippen molar-refractivity contribution in [1.29, 1.82) is 0 Å². The molecule has 2 heterocycles. The lowest BCUT2D eigenvalue weighted by atomic mass is 9.89. The molecule has 7 nitrogen and oxygen atoms in total. The number of aryl methyl sites for hydroxylation is 1. The van der Waals surface area contributed by atoms with Gasteiger partial charge in [-0.05, 0) is 68.1 Å². The van der Waals surface area contributed by atoms with Gasteiger partial charge in [0.1, 0.15) is 17.0 Å². The molecule has 0 unspecified atom stereocenters. The van der Waals surface area contributed by atoms with Crippen molar-refractivity contribution in [3.8, 4) is 17.2 Å². The summed E-state index contributed by atoms with van der Waals surface area (Å²) in [5, 5.41) is 7.82. The number of carbonyl (C=O) groups excluding carboxylic acids is 2. The summed E-state index contributed by atoms with van der Waals surface area (Å²) in [6.45, 7) is 6.00. The summed E-state index contributed by atoms with van der Waals surface area (Å²) < 4.78 is 16.7. The van der Waals surface area contributed by atoms with Crippen LogP contribution in [0, 0.1) is 6.92 Å². The Morgan fingerprint density at radius 3 is 2.56 bits per heavy atom. The molecule has 2 aromatic carbocycles. The quantitative estimate of drug-likeness (QED) is 0.427. The van der Waals surface area contributed by atoms with Gasteiger partial charge < -0.3 is 24.8 Å². The average molecular weight is 507 g/mol. The predicted octanol–water partition coefficient (Wildman–Crippen LogP) is 5.26. The van der Waals surface area contributed by atoms with Gasteiger partial charge in [-0.1, -0.05) is 18.2 Å². The summed E-state index contributed by atoms with van der Waals surface area (Å²) in [6, 6.07) is 14.3. The smallest absolute Gasteiger partial charge is 0.268 e. The van der Waals surface area contributed by atoms with Crippen LogP contribution < -0.4 is 24.8 Å². The van der Waals surface area contributed by atoms with E-state index in [1.54, 1.807) is 24.3 Å². The Morgan fingerprint density at radius 1 is 1.08 bits per heavy atom. The van der Waals surface area contributed by atoms with E-state index >= 15 is 0 Å². The summed E-state index contributed by atoms with van der Waals surface area (Å²) >= 11 is 1.47. The van der Waals surface area contributed by atoms with Crippen LogP contribution in [0.2, 0.25) is 0 Å². The van der Waals surface area contributed by atoms with Crippen LogP contribution in [0.1, 0.15) is 52.7 Å². The third-order valence-corrected chi connectivity index (χ3v) is 6.72. The third-order valence-electron chi connectivity index (χ3n) is 5.90. The second-order valence-electron chi connectivity index (χ2n) is 9.23. The lowest BCUT2D eigenvalue weighted by molar-refractivity contribution is -0.119. The van der Waals surface area contributed by atoms with Crippen LogP contribution in [0.4, 0.5) is 0 Å². The molecule has 3 aromatic rings. The molecule has 0 radical (unpaired) electrons. The Balaban J connectivity index is 1.61. The van der Waals surface area contributed by atoms with Crippen molar-refractivity contribution in [2.24, 2.45) is 0 Å².